The summed E-state index contributed by atoms with van der Waals surface area (Å²) in [6.07, 6.45) is 5.31. The maximum atomic E-state index is 8.86. The third-order valence-electron chi connectivity index (χ3n) is 4.09. The van der Waals surface area contributed by atoms with Crippen LogP contribution in [0.15, 0.2) is 66.3 Å². The number of hydrogen-bond acceptors (Lipinski definition) is 6. The van der Waals surface area contributed by atoms with Gasteiger partial charge in [-0.1, -0.05) is 17.3 Å². The molecule has 1 aliphatic heterocycles. The van der Waals surface area contributed by atoms with Crippen molar-refractivity contribution < 1.29 is 14.3 Å². The molecule has 0 unspecified atom stereocenters. The Kier molecular flexibility index (Phi) is 4.70. The highest BCUT2D eigenvalue weighted by Gasteiger charge is 2.16. The van der Waals surface area contributed by atoms with Gasteiger partial charge in [0.25, 0.3) is 0 Å². The lowest BCUT2D eigenvalue weighted by atomic mass is 10.1. The molecule has 4 rings (SSSR count). The summed E-state index contributed by atoms with van der Waals surface area (Å²) in [5.74, 6) is 1.41. The summed E-state index contributed by atoms with van der Waals surface area (Å²) in [6.45, 7) is 1.04. The maximum Gasteiger partial charge on any atom is 0.231 e. The topological polar surface area (TPSA) is 81.7 Å². The Morgan fingerprint density at radius 2 is 2.04 bits per heavy atom. The summed E-state index contributed by atoms with van der Waals surface area (Å²) in [7, 11) is 0. The Morgan fingerprint density at radius 1 is 1.19 bits per heavy atom. The number of imidazole rings is 1. The minimum Gasteiger partial charge on any atom is -0.454 e. The molecule has 0 aliphatic carbocycles. The second kappa shape index (κ2) is 7.62. The van der Waals surface area contributed by atoms with Crippen molar-refractivity contribution in [1.29, 1.82) is 5.26 Å². The number of nitrogens with zero attached hydrogens (tertiary/aromatic N) is 4. The molecule has 0 bridgehead atoms. The summed E-state index contributed by atoms with van der Waals surface area (Å²) in [6, 6.07) is 15.0. The molecule has 0 radical (unpaired) electrons. The van der Waals surface area contributed by atoms with Gasteiger partial charge in [-0.25, -0.2) is 4.98 Å². The Morgan fingerprint density at radius 3 is 2.81 bits per heavy atom. The van der Waals surface area contributed by atoms with Gasteiger partial charge in [0.1, 0.15) is 12.3 Å². The second-order valence-corrected chi connectivity index (χ2v) is 5.92. The number of benzene rings is 2. The molecule has 1 aromatic heterocycles. The first-order chi connectivity index (χ1) is 13.3. The van der Waals surface area contributed by atoms with E-state index in [0.717, 1.165) is 22.6 Å². The van der Waals surface area contributed by atoms with Crippen LogP contribution in [0.5, 0.6) is 11.5 Å². The first-order valence-electron chi connectivity index (χ1n) is 8.35. The Labute approximate surface area is 156 Å². The fourth-order valence-electron chi connectivity index (χ4n) is 2.66. The minimum atomic E-state index is 0.224. The van der Waals surface area contributed by atoms with Crippen molar-refractivity contribution in [2.75, 3.05) is 6.79 Å². The van der Waals surface area contributed by atoms with E-state index in [9.17, 15) is 0 Å². The van der Waals surface area contributed by atoms with Crippen molar-refractivity contribution in [1.82, 2.24) is 9.55 Å². The predicted molar refractivity (Wildman–Crippen MR) is 97.3 cm³/mol. The quantitative estimate of drug-likeness (QED) is 0.498. The zero-order valence-corrected chi connectivity index (χ0v) is 14.4. The fraction of sp³-hybridized carbons (Fsp3) is 0.150. The normalized spacial score (nSPS) is 12.6. The first-order valence-corrected chi connectivity index (χ1v) is 8.35. The Balaban J connectivity index is 1.53. The summed E-state index contributed by atoms with van der Waals surface area (Å²) >= 11 is 0. The van der Waals surface area contributed by atoms with Gasteiger partial charge in [-0.3, -0.25) is 0 Å². The van der Waals surface area contributed by atoms with Gasteiger partial charge in [0.2, 0.25) is 6.79 Å². The number of nitriles is 1. The minimum absolute atomic E-state index is 0.224. The van der Waals surface area contributed by atoms with Crippen LogP contribution in [0.25, 0.3) is 0 Å². The van der Waals surface area contributed by atoms with E-state index in [-0.39, 0.29) is 6.79 Å². The van der Waals surface area contributed by atoms with E-state index < -0.39 is 0 Å². The Bertz CT molecular complexity index is 989. The second-order valence-electron chi connectivity index (χ2n) is 5.92. The van der Waals surface area contributed by atoms with Crippen LogP contribution in [0.1, 0.15) is 16.7 Å². The van der Waals surface area contributed by atoms with Gasteiger partial charge in [0.05, 0.1) is 24.5 Å². The molecule has 2 heterocycles. The van der Waals surface area contributed by atoms with Gasteiger partial charge in [-0.15, -0.1) is 0 Å². The number of oxime groups is 1. The van der Waals surface area contributed by atoms with Crippen molar-refractivity contribution >= 4 is 5.71 Å². The highest BCUT2D eigenvalue weighted by Crippen LogP contribution is 2.32. The maximum absolute atomic E-state index is 8.86. The highest BCUT2D eigenvalue weighted by atomic mass is 16.7. The highest BCUT2D eigenvalue weighted by molar-refractivity contribution is 6.00. The molecular formula is C20H16N4O3. The summed E-state index contributed by atoms with van der Waals surface area (Å²) in [4.78, 5) is 9.64. The van der Waals surface area contributed by atoms with Crippen molar-refractivity contribution in [2.45, 2.75) is 13.2 Å². The molecule has 3 aromatic rings. The molecule has 0 atom stereocenters. The molecule has 1 aliphatic rings. The van der Waals surface area contributed by atoms with Crippen LogP contribution in [0.3, 0.4) is 0 Å². The molecule has 0 fully saturated rings. The van der Waals surface area contributed by atoms with E-state index in [1.54, 1.807) is 24.7 Å². The van der Waals surface area contributed by atoms with E-state index in [4.69, 9.17) is 19.6 Å². The lowest BCUT2D eigenvalue weighted by Gasteiger charge is -2.09. The number of fused-ring (bicyclic) bond motifs is 1. The van der Waals surface area contributed by atoms with Crippen molar-refractivity contribution in [3.63, 3.8) is 0 Å². The lowest BCUT2D eigenvalue weighted by Crippen LogP contribution is -2.11. The fourth-order valence-corrected chi connectivity index (χ4v) is 2.66. The Hall–Kier alpha value is -3.79. The van der Waals surface area contributed by atoms with Crippen molar-refractivity contribution in [3.05, 3.63) is 77.9 Å². The molecule has 2 aromatic carbocycles. The third-order valence-corrected chi connectivity index (χ3v) is 4.09. The molecule has 134 valence electrons. The molecular weight excluding hydrogens is 344 g/mol. The van der Waals surface area contributed by atoms with Crippen LogP contribution < -0.4 is 9.47 Å². The first kappa shape index (κ1) is 16.7. The molecule has 7 heteroatoms. The smallest absolute Gasteiger partial charge is 0.231 e. The van der Waals surface area contributed by atoms with Gasteiger partial charge >= 0.3 is 0 Å². The molecule has 0 saturated heterocycles. The van der Waals surface area contributed by atoms with Gasteiger partial charge < -0.3 is 18.9 Å². The van der Waals surface area contributed by atoms with Gasteiger partial charge in [0.15, 0.2) is 11.5 Å². The number of ether oxygens (including phenoxy) is 2. The van der Waals surface area contributed by atoms with Crippen molar-refractivity contribution in [2.24, 2.45) is 5.16 Å². The molecule has 0 N–H and O–H groups in total. The monoisotopic (exact) mass is 360 g/mol. The van der Waals surface area contributed by atoms with E-state index in [0.29, 0.717) is 24.5 Å². The zero-order valence-electron chi connectivity index (χ0n) is 14.4. The van der Waals surface area contributed by atoms with Crippen LogP contribution in [0.2, 0.25) is 0 Å². The average Bonchev–Trinajstić information content (AvgIpc) is 3.39. The van der Waals surface area contributed by atoms with Gasteiger partial charge in [-0.05, 0) is 35.9 Å². The van der Waals surface area contributed by atoms with Gasteiger partial charge in [0, 0.05) is 18.0 Å². The average molecular weight is 360 g/mol. The third kappa shape index (κ3) is 3.90. The predicted octanol–water partition coefficient (Wildman–Crippen LogP) is 3.10. The standard InChI is InChI=1S/C20H16N4O3/c21-10-15-1-3-16(4-2-15)12-27-23-18(11-24-8-7-22-13-24)17-5-6-19-20(9-17)26-14-25-19/h1-9,13H,11-12,14H2/b23-18+. The van der Waals surface area contributed by atoms with E-state index in [1.165, 1.54) is 0 Å². The molecule has 0 spiro atoms. The SMILES string of the molecule is N#Cc1ccc(CO/N=C(\Cn2ccnc2)c2ccc3c(c2)OCO3)cc1. The van der Waals surface area contributed by atoms with Crippen LogP contribution in [0.4, 0.5) is 0 Å². The van der Waals surface area contributed by atoms with Crippen LogP contribution in [0, 0.1) is 11.3 Å². The number of aromatic nitrogens is 2. The largest absolute Gasteiger partial charge is 0.454 e. The zero-order chi connectivity index (χ0) is 18.5. The van der Waals surface area contributed by atoms with E-state index in [2.05, 4.69) is 16.2 Å². The lowest BCUT2D eigenvalue weighted by molar-refractivity contribution is 0.130. The van der Waals surface area contributed by atoms with Crippen molar-refractivity contribution in [3.8, 4) is 17.6 Å². The van der Waals surface area contributed by atoms with Crippen LogP contribution in [-0.4, -0.2) is 22.1 Å². The summed E-state index contributed by atoms with van der Waals surface area (Å²) in [5.41, 5.74) is 3.17. The molecule has 27 heavy (non-hydrogen) atoms. The summed E-state index contributed by atoms with van der Waals surface area (Å²) in [5, 5.41) is 13.2. The number of rotatable bonds is 6. The van der Waals surface area contributed by atoms with Crippen LogP contribution >= 0.6 is 0 Å². The van der Waals surface area contributed by atoms with Gasteiger partial charge in [-0.2, -0.15) is 5.26 Å². The van der Waals surface area contributed by atoms with E-state index >= 15 is 0 Å². The van der Waals surface area contributed by atoms with Crippen LogP contribution in [-0.2, 0) is 18.0 Å². The molecule has 0 saturated carbocycles. The molecule has 0 amide bonds. The summed E-state index contributed by atoms with van der Waals surface area (Å²) < 4.78 is 12.7. The molecule has 7 nitrogen and oxygen atoms in total. The number of hydrogen-bond donors (Lipinski definition) is 0. The van der Waals surface area contributed by atoms with E-state index in [1.807, 2.05) is 41.1 Å².